The minimum atomic E-state index is 0.624. The van der Waals surface area contributed by atoms with E-state index in [-0.39, 0.29) is 0 Å². The van der Waals surface area contributed by atoms with Gasteiger partial charge in [-0.25, -0.2) is 4.98 Å². The van der Waals surface area contributed by atoms with Gasteiger partial charge in [0.25, 0.3) is 0 Å². The number of aromatic nitrogens is 1. The van der Waals surface area contributed by atoms with Gasteiger partial charge in [0.15, 0.2) is 0 Å². The van der Waals surface area contributed by atoms with Gasteiger partial charge in [-0.3, -0.25) is 4.90 Å². The zero-order valence-electron chi connectivity index (χ0n) is 10.2. The van der Waals surface area contributed by atoms with Crippen molar-refractivity contribution in [1.29, 1.82) is 0 Å². The maximum absolute atomic E-state index is 5.68. The first kappa shape index (κ1) is 12.0. The fourth-order valence-corrected chi connectivity index (χ4v) is 3.29. The van der Waals surface area contributed by atoms with Crippen LogP contribution in [0.5, 0.6) is 0 Å². The highest BCUT2D eigenvalue weighted by atomic mass is 32.1. The second-order valence-corrected chi connectivity index (χ2v) is 5.80. The summed E-state index contributed by atoms with van der Waals surface area (Å²) >= 11 is 1.78. The largest absolute Gasteiger partial charge is 0.326 e. The maximum Gasteiger partial charge on any atom is 0.107 e. The summed E-state index contributed by atoms with van der Waals surface area (Å²) in [5, 5.41) is 1.23. The monoisotopic (exact) mass is 239 g/mol. The van der Waals surface area contributed by atoms with Gasteiger partial charge in [-0.1, -0.05) is 6.42 Å². The first-order valence-corrected chi connectivity index (χ1v) is 6.91. The average molecular weight is 239 g/mol. The van der Waals surface area contributed by atoms with Crippen LogP contribution in [0, 0.1) is 6.92 Å². The van der Waals surface area contributed by atoms with E-state index in [4.69, 9.17) is 5.73 Å². The molecule has 1 aromatic rings. The lowest BCUT2D eigenvalue weighted by molar-refractivity contribution is 0.152. The second-order valence-electron chi connectivity index (χ2n) is 4.64. The van der Waals surface area contributed by atoms with E-state index in [2.05, 4.69) is 23.7 Å². The van der Waals surface area contributed by atoms with E-state index in [1.165, 1.54) is 35.7 Å². The summed E-state index contributed by atoms with van der Waals surface area (Å²) in [5.74, 6) is 0. The zero-order valence-corrected chi connectivity index (χ0v) is 11.0. The van der Waals surface area contributed by atoms with Crippen LogP contribution in [0.15, 0.2) is 0 Å². The second kappa shape index (κ2) is 5.25. The lowest BCUT2D eigenvalue weighted by atomic mass is 10.0. The number of piperidine rings is 1. The van der Waals surface area contributed by atoms with E-state index in [9.17, 15) is 0 Å². The van der Waals surface area contributed by atoms with E-state index in [1.54, 1.807) is 11.3 Å². The number of aryl methyl sites for hydroxylation is 1. The van der Waals surface area contributed by atoms with Crippen LogP contribution in [-0.4, -0.2) is 22.5 Å². The van der Waals surface area contributed by atoms with Crippen LogP contribution in [0.2, 0.25) is 0 Å². The molecule has 0 amide bonds. The minimum absolute atomic E-state index is 0.624. The Labute approximate surface area is 102 Å². The Morgan fingerprint density at radius 2 is 2.31 bits per heavy atom. The molecule has 2 heterocycles. The molecule has 0 bridgehead atoms. The van der Waals surface area contributed by atoms with Crippen molar-refractivity contribution in [2.45, 2.75) is 52.2 Å². The fraction of sp³-hybridized carbons (Fsp3) is 0.750. The smallest absolute Gasteiger partial charge is 0.107 e. The number of thiazole rings is 1. The molecule has 3 nitrogen and oxygen atoms in total. The van der Waals surface area contributed by atoms with Crippen molar-refractivity contribution in [3.05, 3.63) is 15.6 Å². The van der Waals surface area contributed by atoms with Crippen molar-refractivity contribution in [2.75, 3.05) is 6.54 Å². The zero-order chi connectivity index (χ0) is 11.5. The van der Waals surface area contributed by atoms with Crippen LogP contribution < -0.4 is 5.73 Å². The van der Waals surface area contributed by atoms with E-state index < -0.39 is 0 Å². The van der Waals surface area contributed by atoms with Crippen molar-refractivity contribution >= 4 is 11.3 Å². The molecule has 1 fully saturated rings. The molecule has 2 N–H and O–H groups in total. The summed E-state index contributed by atoms with van der Waals surface area (Å²) in [6, 6.07) is 0.708. The Kier molecular flexibility index (Phi) is 3.95. The lowest BCUT2D eigenvalue weighted by Gasteiger charge is -2.32. The summed E-state index contributed by atoms with van der Waals surface area (Å²) < 4.78 is 0. The van der Waals surface area contributed by atoms with E-state index >= 15 is 0 Å². The van der Waals surface area contributed by atoms with E-state index in [0.29, 0.717) is 12.6 Å². The van der Waals surface area contributed by atoms with Crippen molar-refractivity contribution in [1.82, 2.24) is 9.88 Å². The first-order chi connectivity index (χ1) is 7.70. The third-order valence-electron chi connectivity index (χ3n) is 3.40. The Hall–Kier alpha value is -0.450. The van der Waals surface area contributed by atoms with Crippen LogP contribution in [-0.2, 0) is 13.1 Å². The molecule has 16 heavy (non-hydrogen) atoms. The molecule has 4 heteroatoms. The molecule has 0 saturated carbocycles. The lowest BCUT2D eigenvalue weighted by Crippen LogP contribution is -2.36. The van der Waals surface area contributed by atoms with Gasteiger partial charge in [0, 0.05) is 17.5 Å². The molecule has 1 unspecified atom stereocenters. The van der Waals surface area contributed by atoms with E-state index in [0.717, 1.165) is 12.2 Å². The van der Waals surface area contributed by atoms with Gasteiger partial charge in [-0.2, -0.15) is 0 Å². The molecule has 1 aliphatic rings. The fourth-order valence-electron chi connectivity index (χ4n) is 2.31. The van der Waals surface area contributed by atoms with Gasteiger partial charge < -0.3 is 5.73 Å². The topological polar surface area (TPSA) is 42.2 Å². The molecule has 1 atom stereocenters. The van der Waals surface area contributed by atoms with Crippen LogP contribution in [0.25, 0.3) is 0 Å². The number of hydrogen-bond donors (Lipinski definition) is 1. The molecular formula is C12H21N3S. The predicted octanol–water partition coefficient (Wildman–Crippen LogP) is 2.28. The highest BCUT2D eigenvalue weighted by Crippen LogP contribution is 2.23. The number of nitrogens with zero attached hydrogens (tertiary/aromatic N) is 2. The molecule has 1 saturated heterocycles. The van der Waals surface area contributed by atoms with E-state index in [1.807, 2.05) is 0 Å². The Morgan fingerprint density at radius 3 is 2.94 bits per heavy atom. The van der Waals surface area contributed by atoms with Crippen LogP contribution in [0.3, 0.4) is 0 Å². The Balaban J connectivity index is 2.02. The molecule has 2 rings (SSSR count). The van der Waals surface area contributed by atoms with Crippen LogP contribution in [0.4, 0.5) is 0 Å². The molecule has 1 aromatic heterocycles. The van der Waals surface area contributed by atoms with Gasteiger partial charge >= 0.3 is 0 Å². The van der Waals surface area contributed by atoms with Gasteiger partial charge in [0.1, 0.15) is 5.01 Å². The van der Waals surface area contributed by atoms with Crippen molar-refractivity contribution in [2.24, 2.45) is 5.73 Å². The summed E-state index contributed by atoms with van der Waals surface area (Å²) in [4.78, 5) is 8.39. The van der Waals surface area contributed by atoms with Crippen LogP contribution >= 0.6 is 11.3 Å². The Bertz CT molecular complexity index is 348. The predicted molar refractivity (Wildman–Crippen MR) is 68.5 cm³/mol. The molecule has 0 spiro atoms. The normalized spacial score (nSPS) is 22.6. The number of rotatable bonds is 3. The Morgan fingerprint density at radius 1 is 1.50 bits per heavy atom. The standard InChI is InChI=1S/C12H21N3S/c1-9-5-3-4-6-15(9)8-12-14-10(2)11(7-13)16-12/h9H,3-8,13H2,1-2H3. The summed E-state index contributed by atoms with van der Waals surface area (Å²) in [7, 11) is 0. The summed E-state index contributed by atoms with van der Waals surface area (Å²) in [6.07, 6.45) is 4.04. The van der Waals surface area contributed by atoms with Crippen LogP contribution in [0.1, 0.15) is 41.8 Å². The number of hydrogen-bond acceptors (Lipinski definition) is 4. The number of likely N-dealkylation sites (tertiary alicyclic amines) is 1. The van der Waals surface area contributed by atoms with Gasteiger partial charge in [-0.15, -0.1) is 11.3 Å². The van der Waals surface area contributed by atoms with Crippen molar-refractivity contribution in [3.63, 3.8) is 0 Å². The molecular weight excluding hydrogens is 218 g/mol. The average Bonchev–Trinajstić information content (AvgIpc) is 2.62. The quantitative estimate of drug-likeness (QED) is 0.880. The molecule has 0 aliphatic carbocycles. The third-order valence-corrected chi connectivity index (χ3v) is 4.57. The maximum atomic E-state index is 5.68. The molecule has 1 aliphatic heterocycles. The SMILES string of the molecule is Cc1nc(CN2CCCCC2C)sc1CN. The summed E-state index contributed by atoms with van der Waals surface area (Å²) in [5.41, 5.74) is 6.80. The van der Waals surface area contributed by atoms with Crippen molar-refractivity contribution < 1.29 is 0 Å². The highest BCUT2D eigenvalue weighted by molar-refractivity contribution is 7.11. The first-order valence-electron chi connectivity index (χ1n) is 6.10. The number of nitrogens with two attached hydrogens (primary N) is 1. The molecule has 0 radical (unpaired) electrons. The van der Waals surface area contributed by atoms with Gasteiger partial charge in [0.2, 0.25) is 0 Å². The minimum Gasteiger partial charge on any atom is -0.326 e. The third kappa shape index (κ3) is 2.62. The summed E-state index contributed by atoms with van der Waals surface area (Å²) in [6.45, 7) is 7.23. The molecule has 0 aromatic carbocycles. The van der Waals surface area contributed by atoms with Gasteiger partial charge in [0.05, 0.1) is 12.2 Å². The van der Waals surface area contributed by atoms with Gasteiger partial charge in [-0.05, 0) is 33.2 Å². The highest BCUT2D eigenvalue weighted by Gasteiger charge is 2.19. The molecule has 90 valence electrons. The van der Waals surface area contributed by atoms with Crippen molar-refractivity contribution in [3.8, 4) is 0 Å².